The first-order valence-electron chi connectivity index (χ1n) is 8.17. The van der Waals surface area contributed by atoms with E-state index < -0.39 is 0 Å². The smallest absolute Gasteiger partial charge is 0.255 e. The van der Waals surface area contributed by atoms with Crippen LogP contribution >= 0.6 is 0 Å². The molecule has 25 heavy (non-hydrogen) atoms. The molecule has 0 aliphatic carbocycles. The van der Waals surface area contributed by atoms with Gasteiger partial charge in [0.15, 0.2) is 0 Å². The summed E-state index contributed by atoms with van der Waals surface area (Å²) in [6, 6.07) is 9.39. The van der Waals surface area contributed by atoms with Crippen molar-refractivity contribution in [1.82, 2.24) is 9.88 Å². The summed E-state index contributed by atoms with van der Waals surface area (Å²) < 4.78 is 5.16. The number of primary amides is 1. The lowest BCUT2D eigenvalue weighted by Crippen LogP contribution is -2.32. The van der Waals surface area contributed by atoms with Crippen LogP contribution in [0.2, 0.25) is 0 Å². The van der Waals surface area contributed by atoms with E-state index in [9.17, 15) is 9.59 Å². The summed E-state index contributed by atoms with van der Waals surface area (Å²) in [6.45, 7) is 2.83. The molecule has 1 fully saturated rings. The van der Waals surface area contributed by atoms with Gasteiger partial charge in [-0.15, -0.1) is 0 Å². The molecular weight excluding hydrogens is 318 g/mol. The van der Waals surface area contributed by atoms with Crippen LogP contribution in [0.1, 0.15) is 17.3 Å². The maximum atomic E-state index is 12.8. The molecule has 3 rings (SSSR count). The zero-order chi connectivity index (χ0) is 18.0. The predicted molar refractivity (Wildman–Crippen MR) is 94.0 cm³/mol. The molecule has 6 nitrogen and oxygen atoms in total. The van der Waals surface area contributed by atoms with Crippen LogP contribution in [0.25, 0.3) is 11.1 Å². The summed E-state index contributed by atoms with van der Waals surface area (Å²) >= 11 is 0. The van der Waals surface area contributed by atoms with Gasteiger partial charge in [-0.3, -0.25) is 14.6 Å². The topological polar surface area (TPSA) is 85.5 Å². The monoisotopic (exact) mass is 339 g/mol. The van der Waals surface area contributed by atoms with E-state index in [0.717, 1.165) is 16.9 Å². The molecule has 2 aromatic rings. The van der Waals surface area contributed by atoms with E-state index in [1.165, 1.54) is 0 Å². The van der Waals surface area contributed by atoms with Crippen LogP contribution in [0.15, 0.2) is 42.7 Å². The fraction of sp³-hybridized carbons (Fsp3) is 0.316. The number of ether oxygens (including phenoxy) is 1. The maximum absolute atomic E-state index is 12.8. The average Bonchev–Trinajstić information content (AvgIpc) is 3.03. The highest BCUT2D eigenvalue weighted by molar-refractivity contribution is 5.95. The van der Waals surface area contributed by atoms with Crippen molar-refractivity contribution in [3.63, 3.8) is 0 Å². The third-order valence-electron chi connectivity index (χ3n) is 4.67. The first-order chi connectivity index (χ1) is 12.0. The molecule has 1 aromatic carbocycles. The van der Waals surface area contributed by atoms with E-state index >= 15 is 0 Å². The number of likely N-dealkylation sites (tertiary alicyclic amines) is 1. The molecule has 6 heteroatoms. The Morgan fingerprint density at radius 3 is 2.48 bits per heavy atom. The molecule has 1 aromatic heterocycles. The average molecular weight is 339 g/mol. The summed E-state index contributed by atoms with van der Waals surface area (Å²) in [4.78, 5) is 30.1. The number of pyridine rings is 1. The van der Waals surface area contributed by atoms with Crippen molar-refractivity contribution < 1.29 is 14.3 Å². The van der Waals surface area contributed by atoms with Crippen molar-refractivity contribution in [2.45, 2.75) is 6.92 Å². The minimum Gasteiger partial charge on any atom is -0.497 e. The second-order valence-electron chi connectivity index (χ2n) is 6.39. The van der Waals surface area contributed by atoms with E-state index in [4.69, 9.17) is 10.5 Å². The normalized spacial score (nSPS) is 19.7. The van der Waals surface area contributed by atoms with Crippen molar-refractivity contribution in [3.05, 3.63) is 48.3 Å². The Hall–Kier alpha value is -2.89. The van der Waals surface area contributed by atoms with Gasteiger partial charge < -0.3 is 15.4 Å². The molecule has 1 saturated heterocycles. The molecule has 2 amide bonds. The zero-order valence-electron chi connectivity index (χ0n) is 14.3. The Labute approximate surface area is 146 Å². The number of aromatic nitrogens is 1. The standard InChI is InChI=1S/C19H21N3O3/c1-12-10-22(11-17(12)18(20)23)19(24)15-7-14(8-21-9-15)13-3-5-16(25-2)6-4-13/h3-9,12,17H,10-11H2,1-2H3,(H2,20,23)/t12-,17-/m1/s1. The number of carbonyl (C=O) groups is 2. The molecule has 2 atom stereocenters. The summed E-state index contributed by atoms with van der Waals surface area (Å²) in [5.74, 6) is 0.0692. The minimum absolute atomic E-state index is 0.0687. The van der Waals surface area contributed by atoms with Crippen molar-refractivity contribution in [3.8, 4) is 16.9 Å². The molecule has 2 N–H and O–H groups in total. The third-order valence-corrected chi connectivity index (χ3v) is 4.67. The van der Waals surface area contributed by atoms with Gasteiger partial charge in [0.05, 0.1) is 18.6 Å². The molecule has 1 aliphatic heterocycles. The number of hydrogen-bond acceptors (Lipinski definition) is 4. The third kappa shape index (κ3) is 3.47. The second kappa shape index (κ2) is 6.93. The van der Waals surface area contributed by atoms with E-state index in [-0.39, 0.29) is 23.7 Å². The highest BCUT2D eigenvalue weighted by Crippen LogP contribution is 2.26. The SMILES string of the molecule is COc1ccc(-c2cncc(C(=O)N3C[C@@H](C)[C@H](C(N)=O)C3)c2)cc1. The molecule has 0 unspecified atom stereocenters. The lowest BCUT2D eigenvalue weighted by molar-refractivity contribution is -0.122. The number of amides is 2. The maximum Gasteiger partial charge on any atom is 0.255 e. The van der Waals surface area contributed by atoms with Crippen LogP contribution in [0.4, 0.5) is 0 Å². The van der Waals surface area contributed by atoms with Gasteiger partial charge in [-0.1, -0.05) is 19.1 Å². The first-order valence-corrected chi connectivity index (χ1v) is 8.17. The number of rotatable bonds is 4. The summed E-state index contributed by atoms with van der Waals surface area (Å²) in [7, 11) is 1.62. The van der Waals surface area contributed by atoms with Gasteiger partial charge in [-0.05, 0) is 29.7 Å². The van der Waals surface area contributed by atoms with Crippen molar-refractivity contribution in [2.75, 3.05) is 20.2 Å². The van der Waals surface area contributed by atoms with Gasteiger partial charge in [0.1, 0.15) is 5.75 Å². The quantitative estimate of drug-likeness (QED) is 0.922. The fourth-order valence-corrected chi connectivity index (χ4v) is 3.18. The van der Waals surface area contributed by atoms with Gasteiger partial charge >= 0.3 is 0 Å². The van der Waals surface area contributed by atoms with Crippen molar-refractivity contribution in [2.24, 2.45) is 17.6 Å². The number of hydrogen-bond donors (Lipinski definition) is 1. The molecular formula is C19H21N3O3. The van der Waals surface area contributed by atoms with Crippen LogP contribution in [0.5, 0.6) is 5.75 Å². The largest absolute Gasteiger partial charge is 0.497 e. The highest BCUT2D eigenvalue weighted by Gasteiger charge is 2.36. The Morgan fingerprint density at radius 2 is 1.88 bits per heavy atom. The molecule has 130 valence electrons. The lowest BCUT2D eigenvalue weighted by Gasteiger charge is -2.16. The number of carbonyl (C=O) groups excluding carboxylic acids is 2. The van der Waals surface area contributed by atoms with Gasteiger partial charge in [-0.2, -0.15) is 0 Å². The summed E-state index contributed by atoms with van der Waals surface area (Å²) in [5.41, 5.74) is 7.72. The minimum atomic E-state index is -0.354. The lowest BCUT2D eigenvalue weighted by atomic mass is 9.98. The fourth-order valence-electron chi connectivity index (χ4n) is 3.18. The number of nitrogens with zero attached hydrogens (tertiary/aromatic N) is 2. The number of benzene rings is 1. The van der Waals surface area contributed by atoms with Crippen LogP contribution < -0.4 is 10.5 Å². The van der Waals surface area contributed by atoms with Crippen LogP contribution in [-0.4, -0.2) is 41.9 Å². The molecule has 1 aliphatic rings. The van der Waals surface area contributed by atoms with Crippen LogP contribution in [0.3, 0.4) is 0 Å². The van der Waals surface area contributed by atoms with E-state index in [1.54, 1.807) is 24.4 Å². The highest BCUT2D eigenvalue weighted by atomic mass is 16.5. The zero-order valence-corrected chi connectivity index (χ0v) is 14.3. The Balaban J connectivity index is 1.81. The van der Waals surface area contributed by atoms with Crippen molar-refractivity contribution >= 4 is 11.8 Å². The van der Waals surface area contributed by atoms with Crippen LogP contribution in [-0.2, 0) is 4.79 Å². The number of nitrogens with two attached hydrogens (primary N) is 1. The Morgan fingerprint density at radius 1 is 1.16 bits per heavy atom. The van der Waals surface area contributed by atoms with Gasteiger partial charge in [0.25, 0.3) is 5.91 Å². The van der Waals surface area contributed by atoms with E-state index in [2.05, 4.69) is 4.98 Å². The second-order valence-corrected chi connectivity index (χ2v) is 6.39. The molecule has 2 heterocycles. The summed E-state index contributed by atoms with van der Waals surface area (Å²) in [5, 5.41) is 0. The Bertz CT molecular complexity index is 789. The van der Waals surface area contributed by atoms with Crippen molar-refractivity contribution in [1.29, 1.82) is 0 Å². The molecule has 0 saturated carbocycles. The predicted octanol–water partition coefficient (Wildman–Crippen LogP) is 1.95. The Kier molecular flexibility index (Phi) is 4.70. The van der Waals surface area contributed by atoms with Gasteiger partial charge in [0.2, 0.25) is 5.91 Å². The van der Waals surface area contributed by atoms with E-state index in [0.29, 0.717) is 18.7 Å². The van der Waals surface area contributed by atoms with E-state index in [1.807, 2.05) is 37.3 Å². The first kappa shape index (κ1) is 17.0. The van der Waals surface area contributed by atoms with Crippen LogP contribution in [0, 0.1) is 11.8 Å². The molecule has 0 bridgehead atoms. The number of methoxy groups -OCH3 is 1. The summed E-state index contributed by atoms with van der Waals surface area (Å²) in [6.07, 6.45) is 3.27. The van der Waals surface area contributed by atoms with Gasteiger partial charge in [-0.25, -0.2) is 0 Å². The molecule has 0 radical (unpaired) electrons. The molecule has 0 spiro atoms. The van der Waals surface area contributed by atoms with Gasteiger partial charge in [0, 0.05) is 31.0 Å².